The van der Waals surface area contributed by atoms with E-state index in [2.05, 4.69) is 33.8 Å². The summed E-state index contributed by atoms with van der Waals surface area (Å²) in [5, 5.41) is 0.771. The monoisotopic (exact) mass is 330 g/mol. The summed E-state index contributed by atoms with van der Waals surface area (Å²) in [6, 6.07) is 6.51. The van der Waals surface area contributed by atoms with Crippen LogP contribution < -0.4 is 5.73 Å². The molecule has 1 aliphatic heterocycles. The lowest BCUT2D eigenvalue weighted by Crippen LogP contribution is -2.48. The van der Waals surface area contributed by atoms with Crippen LogP contribution >= 0.6 is 27.5 Å². The lowest BCUT2D eigenvalue weighted by molar-refractivity contribution is 0.0989. The van der Waals surface area contributed by atoms with Gasteiger partial charge in [-0.15, -0.1) is 0 Å². The molecule has 1 aromatic carbocycles. The van der Waals surface area contributed by atoms with E-state index in [1.54, 1.807) is 0 Å². The number of rotatable bonds is 3. The molecule has 0 aromatic heterocycles. The summed E-state index contributed by atoms with van der Waals surface area (Å²) < 4.78 is 1.09. The Balaban J connectivity index is 2.11. The highest BCUT2D eigenvalue weighted by molar-refractivity contribution is 9.10. The lowest BCUT2D eigenvalue weighted by atomic mass is 9.90. The van der Waals surface area contributed by atoms with Gasteiger partial charge in [-0.25, -0.2) is 0 Å². The van der Waals surface area contributed by atoms with E-state index in [1.165, 1.54) is 18.4 Å². The fraction of sp³-hybridized carbons (Fsp3) is 0.571. The van der Waals surface area contributed by atoms with Gasteiger partial charge in [0.15, 0.2) is 0 Å². The zero-order valence-electron chi connectivity index (χ0n) is 10.7. The van der Waals surface area contributed by atoms with Gasteiger partial charge >= 0.3 is 0 Å². The first-order valence-corrected chi connectivity index (χ1v) is 7.67. The molecule has 100 valence electrons. The topological polar surface area (TPSA) is 29.3 Å². The van der Waals surface area contributed by atoms with Crippen LogP contribution in [-0.2, 0) is 6.54 Å². The lowest BCUT2D eigenvalue weighted by Gasteiger charge is -2.39. The van der Waals surface area contributed by atoms with Gasteiger partial charge in [-0.3, -0.25) is 4.90 Å². The van der Waals surface area contributed by atoms with E-state index in [0.717, 1.165) is 29.1 Å². The normalized spacial score (nSPS) is 25.3. The van der Waals surface area contributed by atoms with E-state index in [1.807, 2.05) is 12.1 Å². The van der Waals surface area contributed by atoms with Crippen LogP contribution in [0.5, 0.6) is 0 Å². The molecule has 2 unspecified atom stereocenters. The van der Waals surface area contributed by atoms with E-state index in [-0.39, 0.29) is 0 Å². The van der Waals surface area contributed by atoms with Gasteiger partial charge in [0.05, 0.1) is 0 Å². The first kappa shape index (κ1) is 14.3. The van der Waals surface area contributed by atoms with Gasteiger partial charge in [-0.1, -0.05) is 40.5 Å². The maximum absolute atomic E-state index is 5.98. The minimum absolute atomic E-state index is 0.501. The summed E-state index contributed by atoms with van der Waals surface area (Å²) in [4.78, 5) is 2.50. The Bertz CT molecular complexity index is 411. The Morgan fingerprint density at radius 2 is 2.28 bits per heavy atom. The number of piperidine rings is 1. The van der Waals surface area contributed by atoms with E-state index in [4.69, 9.17) is 17.3 Å². The van der Waals surface area contributed by atoms with Crippen molar-refractivity contribution in [2.45, 2.75) is 32.4 Å². The molecule has 4 heteroatoms. The molecule has 2 N–H and O–H groups in total. The third-order valence-electron chi connectivity index (χ3n) is 3.86. The maximum Gasteiger partial charge on any atom is 0.0417 e. The van der Waals surface area contributed by atoms with Crippen molar-refractivity contribution in [1.82, 2.24) is 4.90 Å². The molecule has 2 nitrogen and oxygen atoms in total. The second kappa shape index (κ2) is 6.38. The molecule has 1 heterocycles. The van der Waals surface area contributed by atoms with Crippen LogP contribution in [-0.4, -0.2) is 24.0 Å². The molecule has 1 fully saturated rings. The number of nitrogens with zero attached hydrogens (tertiary/aromatic N) is 1. The second-order valence-corrected chi connectivity index (χ2v) is 6.42. The number of hydrogen-bond acceptors (Lipinski definition) is 2. The molecule has 0 amide bonds. The Morgan fingerprint density at radius 1 is 1.50 bits per heavy atom. The van der Waals surface area contributed by atoms with Crippen LogP contribution in [0.1, 0.15) is 25.3 Å². The van der Waals surface area contributed by atoms with Crippen molar-refractivity contribution < 1.29 is 0 Å². The molecule has 2 rings (SSSR count). The summed E-state index contributed by atoms with van der Waals surface area (Å²) >= 11 is 9.56. The van der Waals surface area contributed by atoms with E-state index >= 15 is 0 Å². The molecule has 18 heavy (non-hydrogen) atoms. The molecule has 0 aliphatic carbocycles. The van der Waals surface area contributed by atoms with Gasteiger partial charge < -0.3 is 5.73 Å². The van der Waals surface area contributed by atoms with Crippen LogP contribution in [0.25, 0.3) is 0 Å². The maximum atomic E-state index is 5.98. The second-order valence-electron chi connectivity index (χ2n) is 5.13. The van der Waals surface area contributed by atoms with Crippen molar-refractivity contribution >= 4 is 27.5 Å². The average Bonchev–Trinajstić information content (AvgIpc) is 2.33. The van der Waals surface area contributed by atoms with Crippen molar-refractivity contribution in [2.75, 3.05) is 13.1 Å². The molecular formula is C14H20BrClN2. The molecule has 0 saturated carbocycles. The smallest absolute Gasteiger partial charge is 0.0417 e. The highest BCUT2D eigenvalue weighted by atomic mass is 79.9. The Hall–Kier alpha value is -0.0900. The number of hydrogen-bond donors (Lipinski definition) is 1. The van der Waals surface area contributed by atoms with Crippen molar-refractivity contribution in [1.29, 1.82) is 0 Å². The quantitative estimate of drug-likeness (QED) is 0.916. The summed E-state index contributed by atoms with van der Waals surface area (Å²) in [6.45, 7) is 5.14. The molecule has 1 aromatic rings. The van der Waals surface area contributed by atoms with Crippen molar-refractivity contribution in [2.24, 2.45) is 11.7 Å². The summed E-state index contributed by atoms with van der Waals surface area (Å²) in [7, 11) is 0. The van der Waals surface area contributed by atoms with Crippen LogP contribution in [0, 0.1) is 5.92 Å². The Kier molecular flexibility index (Phi) is 5.07. The predicted molar refractivity (Wildman–Crippen MR) is 80.8 cm³/mol. The van der Waals surface area contributed by atoms with Crippen LogP contribution in [0.3, 0.4) is 0 Å². The molecule has 1 aliphatic rings. The highest BCUT2D eigenvalue weighted by Gasteiger charge is 2.27. The van der Waals surface area contributed by atoms with Crippen LogP contribution in [0.4, 0.5) is 0 Å². The summed E-state index contributed by atoms with van der Waals surface area (Å²) in [5.74, 6) is 0.690. The summed E-state index contributed by atoms with van der Waals surface area (Å²) in [6.07, 6.45) is 2.56. The van der Waals surface area contributed by atoms with E-state index in [9.17, 15) is 0 Å². The molecule has 0 bridgehead atoms. The average molecular weight is 332 g/mol. The zero-order valence-corrected chi connectivity index (χ0v) is 13.0. The highest BCUT2D eigenvalue weighted by Crippen LogP contribution is 2.27. The molecule has 1 saturated heterocycles. The molecule has 0 spiro atoms. The van der Waals surface area contributed by atoms with Gasteiger partial charge in [0.1, 0.15) is 0 Å². The van der Waals surface area contributed by atoms with Crippen molar-refractivity contribution in [3.63, 3.8) is 0 Å². The van der Waals surface area contributed by atoms with Gasteiger partial charge in [0, 0.05) is 28.6 Å². The Labute approximate surface area is 123 Å². The first-order valence-electron chi connectivity index (χ1n) is 6.50. The molecular weight excluding hydrogens is 312 g/mol. The van der Waals surface area contributed by atoms with Crippen molar-refractivity contribution in [3.8, 4) is 0 Å². The third kappa shape index (κ3) is 3.27. The predicted octanol–water partition coefficient (Wildman–Crippen LogP) is 3.66. The van der Waals surface area contributed by atoms with Crippen LogP contribution in [0.2, 0.25) is 5.02 Å². The van der Waals surface area contributed by atoms with E-state index < -0.39 is 0 Å². The van der Waals surface area contributed by atoms with Gasteiger partial charge in [-0.2, -0.15) is 0 Å². The largest absolute Gasteiger partial charge is 0.329 e. The molecule has 2 atom stereocenters. The zero-order chi connectivity index (χ0) is 13.1. The number of nitrogens with two attached hydrogens (primary N) is 1. The number of benzene rings is 1. The SMILES string of the molecule is CC1CCCN(Cc2ccc(Cl)cc2Br)C1CN. The van der Waals surface area contributed by atoms with E-state index in [0.29, 0.717) is 12.0 Å². The molecule has 0 radical (unpaired) electrons. The Morgan fingerprint density at radius 3 is 2.94 bits per heavy atom. The fourth-order valence-corrected chi connectivity index (χ4v) is 3.59. The number of halogens is 2. The van der Waals surface area contributed by atoms with Crippen LogP contribution in [0.15, 0.2) is 22.7 Å². The fourth-order valence-electron chi connectivity index (χ4n) is 2.78. The van der Waals surface area contributed by atoms with Crippen molar-refractivity contribution in [3.05, 3.63) is 33.3 Å². The standard InChI is InChI=1S/C14H20BrClN2/c1-10-3-2-6-18(14(10)8-17)9-11-4-5-12(16)7-13(11)15/h4-5,7,10,14H,2-3,6,8-9,17H2,1H3. The van der Waals surface area contributed by atoms with Gasteiger partial charge in [0.2, 0.25) is 0 Å². The minimum atomic E-state index is 0.501. The number of likely N-dealkylation sites (tertiary alicyclic amines) is 1. The summed E-state index contributed by atoms with van der Waals surface area (Å²) in [5.41, 5.74) is 7.21. The van der Waals surface area contributed by atoms with Gasteiger partial charge in [0.25, 0.3) is 0 Å². The third-order valence-corrected chi connectivity index (χ3v) is 4.83. The van der Waals surface area contributed by atoms with Gasteiger partial charge in [-0.05, 0) is 43.0 Å². The first-order chi connectivity index (χ1) is 8.61. The minimum Gasteiger partial charge on any atom is -0.329 e.